The van der Waals surface area contributed by atoms with Crippen molar-refractivity contribution >= 4 is 11.6 Å². The van der Waals surface area contributed by atoms with Gasteiger partial charge in [0.1, 0.15) is 5.65 Å². The van der Waals surface area contributed by atoms with Crippen molar-refractivity contribution in [1.82, 2.24) is 9.38 Å². The second-order valence-corrected chi connectivity index (χ2v) is 3.33. The lowest BCUT2D eigenvalue weighted by Gasteiger charge is -1.90. The van der Waals surface area contributed by atoms with Gasteiger partial charge >= 0.3 is 5.97 Å². The third-order valence-electron chi connectivity index (χ3n) is 2.15. The van der Waals surface area contributed by atoms with Gasteiger partial charge in [-0.05, 0) is 6.42 Å². The summed E-state index contributed by atoms with van der Waals surface area (Å²) >= 11 is 0. The van der Waals surface area contributed by atoms with Gasteiger partial charge in [0.25, 0.3) is 0 Å². The molecule has 2 rings (SSSR count). The highest BCUT2D eigenvalue weighted by molar-refractivity contribution is 5.67. The fourth-order valence-electron chi connectivity index (χ4n) is 1.44. The van der Waals surface area contributed by atoms with Crippen molar-refractivity contribution < 1.29 is 9.90 Å². The van der Waals surface area contributed by atoms with Crippen LogP contribution in [0.1, 0.15) is 12.1 Å². The molecule has 2 aromatic rings. The lowest BCUT2D eigenvalue weighted by atomic mass is 10.2. The van der Waals surface area contributed by atoms with Crippen LogP contribution in [0.25, 0.3) is 5.65 Å². The van der Waals surface area contributed by atoms with Crippen LogP contribution in [-0.4, -0.2) is 20.5 Å². The van der Waals surface area contributed by atoms with E-state index in [1.54, 1.807) is 16.8 Å². The number of aromatic amines is 1. The summed E-state index contributed by atoms with van der Waals surface area (Å²) in [4.78, 5) is 24.4. The number of hydrogen-bond donors (Lipinski definition) is 2. The topological polar surface area (TPSA) is 74.6 Å². The van der Waals surface area contributed by atoms with Crippen LogP contribution in [0.3, 0.4) is 0 Å². The number of carbonyl (C=O) groups is 1. The summed E-state index contributed by atoms with van der Waals surface area (Å²) in [6.45, 7) is 0. The zero-order valence-corrected chi connectivity index (χ0v) is 7.93. The summed E-state index contributed by atoms with van der Waals surface area (Å²) < 4.78 is 1.76. The third kappa shape index (κ3) is 2.07. The molecule has 0 amide bonds. The van der Waals surface area contributed by atoms with E-state index in [1.165, 1.54) is 12.1 Å². The average Bonchev–Trinajstić information content (AvgIpc) is 2.56. The van der Waals surface area contributed by atoms with Gasteiger partial charge in [0.15, 0.2) is 5.43 Å². The van der Waals surface area contributed by atoms with E-state index in [2.05, 4.69) is 4.98 Å². The minimum absolute atomic E-state index is 0.0679. The van der Waals surface area contributed by atoms with Crippen molar-refractivity contribution in [2.75, 3.05) is 0 Å². The number of aromatic nitrogens is 2. The van der Waals surface area contributed by atoms with Crippen LogP contribution in [0.2, 0.25) is 0 Å². The third-order valence-corrected chi connectivity index (χ3v) is 2.15. The minimum Gasteiger partial charge on any atom is -0.481 e. The molecule has 0 fully saturated rings. The molecule has 0 aliphatic carbocycles. The van der Waals surface area contributed by atoms with Gasteiger partial charge in [-0.2, -0.15) is 0 Å². The molecule has 2 heterocycles. The average molecular weight is 206 g/mol. The highest BCUT2D eigenvalue weighted by atomic mass is 16.4. The number of hydrogen-bond acceptors (Lipinski definition) is 2. The van der Waals surface area contributed by atoms with Crippen molar-refractivity contribution in [3.63, 3.8) is 0 Å². The summed E-state index contributed by atoms with van der Waals surface area (Å²) in [6.07, 6.45) is 3.96. The van der Waals surface area contributed by atoms with Gasteiger partial charge in [0, 0.05) is 30.2 Å². The molecule has 0 spiro atoms. The molecule has 2 aromatic heterocycles. The molecular formula is C10H10N2O3. The zero-order valence-electron chi connectivity index (χ0n) is 7.93. The van der Waals surface area contributed by atoms with E-state index < -0.39 is 5.97 Å². The van der Waals surface area contributed by atoms with Crippen molar-refractivity contribution in [1.29, 1.82) is 0 Å². The van der Waals surface area contributed by atoms with Crippen LogP contribution >= 0.6 is 0 Å². The van der Waals surface area contributed by atoms with Crippen LogP contribution in [-0.2, 0) is 11.2 Å². The first-order valence-corrected chi connectivity index (χ1v) is 4.57. The molecule has 0 saturated heterocycles. The highest BCUT2D eigenvalue weighted by Gasteiger charge is 2.02. The van der Waals surface area contributed by atoms with E-state index in [4.69, 9.17) is 5.11 Å². The van der Waals surface area contributed by atoms with Gasteiger partial charge in [0.2, 0.25) is 0 Å². The molecule has 5 nitrogen and oxygen atoms in total. The Hall–Kier alpha value is -2.04. The Balaban J connectivity index is 2.30. The number of aryl methyl sites for hydroxylation is 1. The Morgan fingerprint density at radius 1 is 1.53 bits per heavy atom. The first-order valence-electron chi connectivity index (χ1n) is 4.57. The molecule has 0 atom stereocenters. The Morgan fingerprint density at radius 2 is 2.33 bits per heavy atom. The van der Waals surface area contributed by atoms with Gasteiger partial charge < -0.3 is 14.5 Å². The van der Waals surface area contributed by atoms with Crippen molar-refractivity contribution in [2.24, 2.45) is 0 Å². The number of aliphatic carboxylic acids is 1. The summed E-state index contributed by atoms with van der Waals surface area (Å²) in [6, 6.07) is 2.94. The number of pyridine rings is 1. The molecule has 0 radical (unpaired) electrons. The van der Waals surface area contributed by atoms with Gasteiger partial charge in [-0.25, -0.2) is 0 Å². The number of carboxylic acids is 1. The number of rotatable bonds is 3. The first-order chi connectivity index (χ1) is 7.15. The van der Waals surface area contributed by atoms with Crippen LogP contribution in [0, 0.1) is 0 Å². The smallest absolute Gasteiger partial charge is 0.303 e. The van der Waals surface area contributed by atoms with Gasteiger partial charge in [0.05, 0.1) is 6.42 Å². The number of nitrogens with one attached hydrogen (secondary N) is 1. The van der Waals surface area contributed by atoms with Crippen LogP contribution in [0.15, 0.2) is 29.3 Å². The lowest BCUT2D eigenvalue weighted by molar-refractivity contribution is -0.136. The summed E-state index contributed by atoms with van der Waals surface area (Å²) in [7, 11) is 0. The van der Waals surface area contributed by atoms with E-state index >= 15 is 0 Å². The Morgan fingerprint density at radius 3 is 3.07 bits per heavy atom. The predicted molar refractivity (Wildman–Crippen MR) is 54.0 cm³/mol. The molecule has 0 bridgehead atoms. The molecule has 0 aromatic carbocycles. The van der Waals surface area contributed by atoms with E-state index in [1.807, 2.05) is 0 Å². The van der Waals surface area contributed by atoms with E-state index in [-0.39, 0.29) is 11.8 Å². The number of imidazole rings is 1. The van der Waals surface area contributed by atoms with Crippen LogP contribution in [0.4, 0.5) is 0 Å². The van der Waals surface area contributed by atoms with Crippen LogP contribution in [0.5, 0.6) is 0 Å². The predicted octanol–water partition coefficient (Wildman–Crippen LogP) is 0.645. The molecule has 0 saturated carbocycles. The quantitative estimate of drug-likeness (QED) is 0.774. The number of carboxylic acid groups (broad SMARTS) is 1. The zero-order chi connectivity index (χ0) is 10.8. The molecule has 0 aliphatic rings. The molecule has 2 N–H and O–H groups in total. The fraction of sp³-hybridized carbons (Fsp3) is 0.200. The maximum Gasteiger partial charge on any atom is 0.303 e. The molecule has 15 heavy (non-hydrogen) atoms. The highest BCUT2D eigenvalue weighted by Crippen LogP contribution is 2.04. The second kappa shape index (κ2) is 3.61. The maximum absolute atomic E-state index is 11.0. The standard InChI is InChI=1S/C10H10N2O3/c13-8-3-4-12-6-7(1-2-10(14)15)11-9(12)5-8/h3-6,11H,1-2H2,(H,14,15). The van der Waals surface area contributed by atoms with Crippen molar-refractivity contribution in [3.05, 3.63) is 40.4 Å². The monoisotopic (exact) mass is 206 g/mol. The number of H-pyrrole nitrogens is 1. The second-order valence-electron chi connectivity index (χ2n) is 3.33. The lowest BCUT2D eigenvalue weighted by Crippen LogP contribution is -1.97. The molecule has 78 valence electrons. The SMILES string of the molecule is O=C(O)CCc1cn2ccc(=O)cc2[nH]1. The molecule has 0 unspecified atom stereocenters. The van der Waals surface area contributed by atoms with Gasteiger partial charge in [-0.1, -0.05) is 0 Å². The van der Waals surface area contributed by atoms with Crippen LogP contribution < -0.4 is 5.43 Å². The maximum atomic E-state index is 11.0. The van der Waals surface area contributed by atoms with E-state index in [0.29, 0.717) is 12.1 Å². The fourth-order valence-corrected chi connectivity index (χ4v) is 1.44. The Kier molecular flexibility index (Phi) is 2.29. The van der Waals surface area contributed by atoms with Crippen molar-refractivity contribution in [3.8, 4) is 0 Å². The summed E-state index contributed by atoms with van der Waals surface area (Å²) in [5.41, 5.74) is 1.42. The van der Waals surface area contributed by atoms with E-state index in [9.17, 15) is 9.59 Å². The molecule has 0 aliphatic heterocycles. The van der Waals surface area contributed by atoms with Gasteiger partial charge in [-0.15, -0.1) is 0 Å². The number of fused-ring (bicyclic) bond motifs is 1. The molecule has 5 heteroatoms. The summed E-state index contributed by atoms with van der Waals surface area (Å²) in [5, 5.41) is 8.52. The Bertz CT molecular complexity index is 553. The van der Waals surface area contributed by atoms with Gasteiger partial charge in [-0.3, -0.25) is 9.59 Å². The van der Waals surface area contributed by atoms with Crippen molar-refractivity contribution in [2.45, 2.75) is 12.8 Å². The summed E-state index contributed by atoms with van der Waals surface area (Å²) in [5.74, 6) is -0.830. The molecular weight excluding hydrogens is 196 g/mol. The number of nitrogens with zero attached hydrogens (tertiary/aromatic N) is 1. The first kappa shape index (κ1) is 9.51. The largest absolute Gasteiger partial charge is 0.481 e. The minimum atomic E-state index is -0.830. The normalized spacial score (nSPS) is 10.7. The van der Waals surface area contributed by atoms with E-state index in [0.717, 1.165) is 5.69 Å². The Labute approximate surface area is 85.0 Å².